The summed E-state index contributed by atoms with van der Waals surface area (Å²) in [6, 6.07) is 0. The van der Waals surface area contributed by atoms with Gasteiger partial charge >= 0.3 is 10.4 Å². The average Bonchev–Trinajstić information content (AvgIpc) is 2.70. The molecule has 0 aliphatic rings. The van der Waals surface area contributed by atoms with E-state index in [0.717, 1.165) is 12.8 Å². The average molecular weight is 435 g/mol. The van der Waals surface area contributed by atoms with Crippen LogP contribution in [0.3, 0.4) is 0 Å². The molecule has 0 unspecified atom stereocenters. The van der Waals surface area contributed by atoms with Gasteiger partial charge in [0.25, 0.3) is 0 Å². The van der Waals surface area contributed by atoms with Crippen LogP contribution < -0.4 is 0 Å². The van der Waals surface area contributed by atoms with Crippen molar-refractivity contribution >= 4 is 10.4 Å². The first kappa shape index (κ1) is 28.2. The molecule has 0 fully saturated rings. The molecule has 0 aromatic heterocycles. The molecule has 0 N–H and O–H groups in total. The summed E-state index contributed by atoms with van der Waals surface area (Å²) in [4.78, 5) is 4.36. The Labute approximate surface area is 179 Å². The zero-order chi connectivity index (χ0) is 21.5. The Morgan fingerprint density at radius 2 is 1.21 bits per heavy atom. The van der Waals surface area contributed by atoms with Gasteiger partial charge in [-0.25, -0.2) is 4.18 Å². The summed E-state index contributed by atoms with van der Waals surface area (Å²) in [5, 5.41) is 0. The van der Waals surface area contributed by atoms with E-state index in [4.69, 9.17) is 4.74 Å². The third kappa shape index (κ3) is 23.3. The van der Waals surface area contributed by atoms with Crippen LogP contribution in [0.15, 0.2) is 0 Å². The van der Waals surface area contributed by atoms with E-state index in [9.17, 15) is 8.42 Å². The van der Waals surface area contributed by atoms with E-state index in [-0.39, 0.29) is 13.2 Å². The highest BCUT2D eigenvalue weighted by Crippen LogP contribution is 2.13. The maximum absolute atomic E-state index is 11.3. The van der Waals surface area contributed by atoms with E-state index >= 15 is 0 Å². The molecule has 0 bridgehead atoms. The van der Waals surface area contributed by atoms with Crippen LogP contribution in [0.4, 0.5) is 0 Å². The Bertz CT molecular complexity index is 495. The summed E-state index contributed by atoms with van der Waals surface area (Å²) in [7, 11) is -4.19. The largest absolute Gasteiger partial charge is 0.436 e. The van der Waals surface area contributed by atoms with Gasteiger partial charge in [0.1, 0.15) is 0 Å². The van der Waals surface area contributed by atoms with E-state index in [0.29, 0.717) is 13.0 Å². The SMILES string of the molecule is CCCCCCCCCCCCCCCCC#COOS(=O)(=O)OCCOCC. The molecular weight excluding hydrogens is 392 g/mol. The number of rotatable bonds is 21. The van der Waals surface area contributed by atoms with Crippen LogP contribution in [0.5, 0.6) is 0 Å². The van der Waals surface area contributed by atoms with E-state index in [2.05, 4.69) is 32.4 Å². The van der Waals surface area contributed by atoms with Crippen LogP contribution in [0.1, 0.15) is 110 Å². The molecule has 0 spiro atoms. The lowest BCUT2D eigenvalue weighted by Crippen LogP contribution is -2.13. The monoisotopic (exact) mass is 434 g/mol. The van der Waals surface area contributed by atoms with Gasteiger partial charge in [0.05, 0.1) is 13.2 Å². The lowest BCUT2D eigenvalue weighted by Gasteiger charge is -2.02. The summed E-state index contributed by atoms with van der Waals surface area (Å²) in [6.07, 6.45) is 21.2. The molecule has 172 valence electrons. The molecule has 29 heavy (non-hydrogen) atoms. The van der Waals surface area contributed by atoms with Crippen LogP contribution in [0.25, 0.3) is 0 Å². The summed E-state index contributed by atoms with van der Waals surface area (Å²) in [5.41, 5.74) is 0. The second-order valence-corrected chi connectivity index (χ2v) is 8.39. The van der Waals surface area contributed by atoms with Crippen molar-refractivity contribution in [2.45, 2.75) is 110 Å². The smallest absolute Gasteiger partial charge is 0.379 e. The van der Waals surface area contributed by atoms with Crippen molar-refractivity contribution < 1.29 is 26.6 Å². The first-order valence-electron chi connectivity index (χ1n) is 11.4. The van der Waals surface area contributed by atoms with E-state index in [1.54, 1.807) is 0 Å². The van der Waals surface area contributed by atoms with Gasteiger partial charge in [-0.2, -0.15) is 8.42 Å². The molecule has 0 aromatic carbocycles. The second-order valence-electron chi connectivity index (χ2n) is 7.20. The minimum atomic E-state index is -4.19. The Hall–Kier alpha value is -0.810. The van der Waals surface area contributed by atoms with Crippen molar-refractivity contribution in [1.82, 2.24) is 0 Å². The van der Waals surface area contributed by atoms with Crippen molar-refractivity contribution in [3.8, 4) is 12.0 Å². The lowest BCUT2D eigenvalue weighted by atomic mass is 10.0. The third-order valence-corrected chi connectivity index (χ3v) is 5.24. The van der Waals surface area contributed by atoms with Gasteiger partial charge in [-0.1, -0.05) is 96.3 Å². The van der Waals surface area contributed by atoms with Crippen molar-refractivity contribution in [1.29, 1.82) is 0 Å². The number of hydrogen-bond acceptors (Lipinski definition) is 6. The molecule has 0 aliphatic heterocycles. The lowest BCUT2D eigenvalue weighted by molar-refractivity contribution is -0.139. The maximum atomic E-state index is 11.3. The molecule has 0 rings (SSSR count). The van der Waals surface area contributed by atoms with E-state index < -0.39 is 10.4 Å². The number of unbranched alkanes of at least 4 members (excludes halogenated alkanes) is 14. The minimum absolute atomic E-state index is 0.119. The number of ether oxygens (including phenoxy) is 1. The summed E-state index contributed by atoms with van der Waals surface area (Å²) >= 11 is 0. The first-order valence-corrected chi connectivity index (χ1v) is 12.8. The van der Waals surface area contributed by atoms with Crippen molar-refractivity contribution in [3.05, 3.63) is 0 Å². The van der Waals surface area contributed by atoms with Crippen LogP contribution in [0, 0.1) is 12.0 Å². The first-order chi connectivity index (χ1) is 14.1. The summed E-state index contributed by atoms with van der Waals surface area (Å²) in [5.74, 6) is 2.74. The van der Waals surface area contributed by atoms with Crippen LogP contribution in [0.2, 0.25) is 0 Å². The Kier molecular flexibility index (Phi) is 21.3. The fraction of sp³-hybridized carbons (Fsp3) is 0.909. The minimum Gasteiger partial charge on any atom is -0.379 e. The van der Waals surface area contributed by atoms with Gasteiger partial charge in [0, 0.05) is 13.0 Å². The van der Waals surface area contributed by atoms with Crippen LogP contribution >= 0.6 is 0 Å². The van der Waals surface area contributed by atoms with Crippen LogP contribution in [-0.2, 0) is 28.5 Å². The second kappa shape index (κ2) is 21.9. The zero-order valence-electron chi connectivity index (χ0n) is 18.6. The Morgan fingerprint density at radius 3 is 1.72 bits per heavy atom. The van der Waals surface area contributed by atoms with E-state index in [1.165, 1.54) is 77.0 Å². The number of hydrogen-bond donors (Lipinski definition) is 0. The van der Waals surface area contributed by atoms with Crippen LogP contribution in [-0.4, -0.2) is 28.2 Å². The normalized spacial score (nSPS) is 11.2. The summed E-state index contributed by atoms with van der Waals surface area (Å²) in [6.45, 7) is 4.61. The Balaban J connectivity index is 3.33. The molecule has 0 heterocycles. The third-order valence-electron chi connectivity index (χ3n) is 4.55. The molecule has 0 aliphatic carbocycles. The molecule has 0 amide bonds. The van der Waals surface area contributed by atoms with Gasteiger partial charge in [-0.05, 0) is 17.7 Å². The van der Waals surface area contributed by atoms with Crippen molar-refractivity contribution in [3.63, 3.8) is 0 Å². The predicted molar refractivity (Wildman–Crippen MR) is 116 cm³/mol. The van der Waals surface area contributed by atoms with Gasteiger partial charge < -0.3 is 4.74 Å². The van der Waals surface area contributed by atoms with Crippen molar-refractivity contribution in [2.24, 2.45) is 0 Å². The summed E-state index contributed by atoms with van der Waals surface area (Å²) < 4.78 is 36.2. The van der Waals surface area contributed by atoms with Crippen molar-refractivity contribution in [2.75, 3.05) is 19.8 Å². The zero-order valence-corrected chi connectivity index (χ0v) is 19.4. The highest BCUT2D eigenvalue weighted by atomic mass is 32.3. The molecule has 0 radical (unpaired) electrons. The molecule has 0 saturated heterocycles. The van der Waals surface area contributed by atoms with Gasteiger partial charge in [0.2, 0.25) is 0 Å². The molecular formula is C22H42O6S. The molecule has 0 saturated carbocycles. The predicted octanol–water partition coefficient (Wildman–Crippen LogP) is 6.06. The van der Waals surface area contributed by atoms with Gasteiger partial charge in [-0.15, -0.1) is 0 Å². The fourth-order valence-electron chi connectivity index (χ4n) is 2.91. The van der Waals surface area contributed by atoms with Gasteiger partial charge in [0.15, 0.2) is 6.11 Å². The van der Waals surface area contributed by atoms with Gasteiger partial charge in [-0.3, -0.25) is 4.89 Å². The standard InChI is InChI=1S/C22H42O6S/c1-3-5-6-7-8-9-10-11-12-13-14-15-16-17-18-19-20-26-28-29(23,24)27-22-21-25-4-2/h3-18,21-22H2,1-2H3. The topological polar surface area (TPSA) is 71.1 Å². The molecule has 0 aromatic rings. The maximum Gasteiger partial charge on any atom is 0.436 e. The quantitative estimate of drug-likeness (QED) is 0.0945. The highest BCUT2D eigenvalue weighted by molar-refractivity contribution is 7.81. The molecule has 6 nitrogen and oxygen atoms in total. The Morgan fingerprint density at radius 1 is 0.690 bits per heavy atom. The highest BCUT2D eigenvalue weighted by Gasteiger charge is 2.12. The van der Waals surface area contributed by atoms with E-state index in [1.807, 2.05) is 6.92 Å². The molecule has 0 atom stereocenters. The molecule has 7 heteroatoms. The fourth-order valence-corrected chi connectivity index (χ4v) is 3.33.